The molecule has 0 aromatic heterocycles. The maximum Gasteiger partial charge on any atom is 0.303 e. The molecular weight excluding hydrogens is 274 g/mol. The summed E-state index contributed by atoms with van der Waals surface area (Å²) < 4.78 is 10.6. The maximum absolute atomic E-state index is 11.4. The van der Waals surface area contributed by atoms with E-state index < -0.39 is 5.97 Å². The minimum atomic E-state index is -0.869. The maximum atomic E-state index is 11.4. The number of hydrogen-bond donors (Lipinski definition) is 2. The lowest BCUT2D eigenvalue weighted by atomic mass is 10.1. The standard InChI is InChI=1S/C15H21NO5/c1-12(9-15(18)19)10-16-14(17)11-20-7-8-21-13-5-3-2-4-6-13/h2-6,12H,7-11H2,1H3,(H,16,17)(H,18,19). The van der Waals surface area contributed by atoms with Crippen molar-refractivity contribution in [1.82, 2.24) is 5.32 Å². The molecule has 0 saturated heterocycles. The molecule has 0 fully saturated rings. The van der Waals surface area contributed by atoms with Crippen LogP contribution in [0.15, 0.2) is 30.3 Å². The van der Waals surface area contributed by atoms with Crippen LogP contribution in [-0.4, -0.2) is 43.3 Å². The van der Waals surface area contributed by atoms with Gasteiger partial charge in [-0.15, -0.1) is 0 Å². The van der Waals surface area contributed by atoms with E-state index in [0.29, 0.717) is 19.8 Å². The molecule has 0 aliphatic heterocycles. The topological polar surface area (TPSA) is 84.9 Å². The van der Waals surface area contributed by atoms with E-state index in [1.54, 1.807) is 6.92 Å². The monoisotopic (exact) mass is 295 g/mol. The minimum absolute atomic E-state index is 0.0338. The Kier molecular flexibility index (Phi) is 7.89. The van der Waals surface area contributed by atoms with Crippen LogP contribution in [0.5, 0.6) is 5.75 Å². The first-order valence-electron chi connectivity index (χ1n) is 6.82. The average Bonchev–Trinajstić information content (AvgIpc) is 2.45. The van der Waals surface area contributed by atoms with Crippen LogP contribution in [0.25, 0.3) is 0 Å². The lowest BCUT2D eigenvalue weighted by Crippen LogP contribution is -2.32. The predicted octanol–water partition coefficient (Wildman–Crippen LogP) is 1.31. The molecule has 0 heterocycles. The van der Waals surface area contributed by atoms with Crippen LogP contribution in [0, 0.1) is 5.92 Å². The number of para-hydroxylation sites is 1. The quantitative estimate of drug-likeness (QED) is 0.636. The van der Waals surface area contributed by atoms with Gasteiger partial charge in [-0.2, -0.15) is 0 Å². The zero-order chi connectivity index (χ0) is 15.5. The summed E-state index contributed by atoms with van der Waals surface area (Å²) in [7, 11) is 0. The summed E-state index contributed by atoms with van der Waals surface area (Å²) in [6, 6.07) is 9.34. The molecule has 1 aromatic rings. The van der Waals surface area contributed by atoms with Crippen LogP contribution < -0.4 is 10.1 Å². The van der Waals surface area contributed by atoms with Crippen molar-refractivity contribution < 1.29 is 24.2 Å². The van der Waals surface area contributed by atoms with E-state index in [-0.39, 0.29) is 24.9 Å². The molecule has 1 aromatic carbocycles. The number of carbonyl (C=O) groups excluding carboxylic acids is 1. The van der Waals surface area contributed by atoms with Crippen molar-refractivity contribution in [2.24, 2.45) is 5.92 Å². The van der Waals surface area contributed by atoms with Crippen molar-refractivity contribution in [1.29, 1.82) is 0 Å². The van der Waals surface area contributed by atoms with Crippen molar-refractivity contribution >= 4 is 11.9 Å². The van der Waals surface area contributed by atoms with Gasteiger partial charge in [0.15, 0.2) is 0 Å². The molecule has 0 spiro atoms. The molecule has 0 radical (unpaired) electrons. The summed E-state index contributed by atoms with van der Waals surface area (Å²) >= 11 is 0. The van der Waals surface area contributed by atoms with Gasteiger partial charge in [0.25, 0.3) is 0 Å². The van der Waals surface area contributed by atoms with E-state index in [1.807, 2.05) is 30.3 Å². The zero-order valence-corrected chi connectivity index (χ0v) is 12.1. The second kappa shape index (κ2) is 9.77. The number of carboxylic acids is 1. The third kappa shape index (κ3) is 8.65. The highest BCUT2D eigenvalue weighted by Crippen LogP contribution is 2.07. The Morgan fingerprint density at radius 3 is 2.62 bits per heavy atom. The molecule has 1 amide bonds. The van der Waals surface area contributed by atoms with E-state index >= 15 is 0 Å². The Morgan fingerprint density at radius 2 is 1.95 bits per heavy atom. The van der Waals surface area contributed by atoms with Gasteiger partial charge >= 0.3 is 5.97 Å². The van der Waals surface area contributed by atoms with Crippen LogP contribution in [-0.2, 0) is 14.3 Å². The summed E-state index contributed by atoms with van der Waals surface area (Å²) in [4.78, 5) is 21.9. The number of aliphatic carboxylic acids is 1. The highest BCUT2D eigenvalue weighted by Gasteiger charge is 2.09. The number of ether oxygens (including phenoxy) is 2. The van der Waals surface area contributed by atoms with Gasteiger partial charge in [0.05, 0.1) is 6.61 Å². The largest absolute Gasteiger partial charge is 0.491 e. The first kappa shape index (κ1) is 17.0. The zero-order valence-electron chi connectivity index (χ0n) is 12.1. The van der Waals surface area contributed by atoms with Gasteiger partial charge in [-0.05, 0) is 18.1 Å². The molecule has 1 atom stereocenters. The fourth-order valence-corrected chi connectivity index (χ4v) is 1.61. The number of benzene rings is 1. The predicted molar refractivity (Wildman–Crippen MR) is 77.2 cm³/mol. The molecule has 6 nitrogen and oxygen atoms in total. The van der Waals surface area contributed by atoms with Crippen molar-refractivity contribution in [3.63, 3.8) is 0 Å². The van der Waals surface area contributed by atoms with Crippen LogP contribution in [0.2, 0.25) is 0 Å². The summed E-state index contributed by atoms with van der Waals surface area (Å²) in [5.74, 6) is -0.473. The molecule has 0 aliphatic rings. The van der Waals surface area contributed by atoms with Crippen LogP contribution in [0.3, 0.4) is 0 Å². The molecule has 1 unspecified atom stereocenters. The fraction of sp³-hybridized carbons (Fsp3) is 0.467. The molecule has 0 aliphatic carbocycles. The van der Waals surface area contributed by atoms with Gasteiger partial charge in [0, 0.05) is 13.0 Å². The molecular formula is C15H21NO5. The fourth-order valence-electron chi connectivity index (χ4n) is 1.61. The van der Waals surface area contributed by atoms with E-state index in [2.05, 4.69) is 5.32 Å². The number of rotatable bonds is 10. The summed E-state index contributed by atoms with van der Waals surface area (Å²) in [5, 5.41) is 11.2. The lowest BCUT2D eigenvalue weighted by molar-refractivity contribution is -0.138. The lowest BCUT2D eigenvalue weighted by Gasteiger charge is -2.11. The third-order valence-electron chi connectivity index (χ3n) is 2.64. The highest BCUT2D eigenvalue weighted by atomic mass is 16.5. The molecule has 116 valence electrons. The van der Waals surface area contributed by atoms with Crippen molar-refractivity contribution in [3.8, 4) is 5.75 Å². The van der Waals surface area contributed by atoms with E-state index in [1.165, 1.54) is 0 Å². The van der Waals surface area contributed by atoms with Crippen molar-refractivity contribution in [3.05, 3.63) is 30.3 Å². The van der Waals surface area contributed by atoms with Gasteiger partial charge in [-0.25, -0.2) is 0 Å². The highest BCUT2D eigenvalue weighted by molar-refractivity contribution is 5.77. The number of amides is 1. The summed E-state index contributed by atoms with van der Waals surface area (Å²) in [6.07, 6.45) is 0.0338. The second-order valence-corrected chi connectivity index (χ2v) is 4.72. The second-order valence-electron chi connectivity index (χ2n) is 4.72. The number of nitrogens with one attached hydrogen (secondary N) is 1. The van der Waals surface area contributed by atoms with Crippen molar-refractivity contribution in [2.75, 3.05) is 26.4 Å². The molecule has 2 N–H and O–H groups in total. The molecule has 6 heteroatoms. The third-order valence-corrected chi connectivity index (χ3v) is 2.64. The van der Waals surface area contributed by atoms with Gasteiger partial charge < -0.3 is 19.9 Å². The minimum Gasteiger partial charge on any atom is -0.491 e. The Bertz CT molecular complexity index is 435. The first-order chi connectivity index (χ1) is 10.1. The van der Waals surface area contributed by atoms with E-state index in [0.717, 1.165) is 5.75 Å². The Balaban J connectivity index is 2.02. The first-order valence-corrected chi connectivity index (χ1v) is 6.82. The van der Waals surface area contributed by atoms with Crippen LogP contribution in [0.1, 0.15) is 13.3 Å². The Hall–Kier alpha value is -2.08. The number of hydrogen-bond acceptors (Lipinski definition) is 4. The van der Waals surface area contributed by atoms with Gasteiger partial charge in [0.1, 0.15) is 19.0 Å². The summed E-state index contributed by atoms with van der Waals surface area (Å²) in [5.41, 5.74) is 0. The normalized spacial score (nSPS) is 11.7. The molecule has 0 saturated carbocycles. The van der Waals surface area contributed by atoms with Gasteiger partial charge in [-0.3, -0.25) is 9.59 Å². The number of carboxylic acid groups (broad SMARTS) is 1. The Labute approximate surface area is 124 Å². The SMILES string of the molecule is CC(CNC(=O)COCCOc1ccccc1)CC(=O)O. The Morgan fingerprint density at radius 1 is 1.24 bits per heavy atom. The van der Waals surface area contributed by atoms with Crippen LogP contribution in [0.4, 0.5) is 0 Å². The van der Waals surface area contributed by atoms with Gasteiger partial charge in [0.2, 0.25) is 5.91 Å². The van der Waals surface area contributed by atoms with Crippen molar-refractivity contribution in [2.45, 2.75) is 13.3 Å². The van der Waals surface area contributed by atoms with E-state index in [4.69, 9.17) is 14.6 Å². The number of carbonyl (C=O) groups is 2. The molecule has 1 rings (SSSR count). The van der Waals surface area contributed by atoms with Gasteiger partial charge in [-0.1, -0.05) is 25.1 Å². The molecule has 21 heavy (non-hydrogen) atoms. The summed E-state index contributed by atoms with van der Waals surface area (Å²) in [6.45, 7) is 2.72. The van der Waals surface area contributed by atoms with E-state index in [9.17, 15) is 9.59 Å². The smallest absolute Gasteiger partial charge is 0.303 e. The average molecular weight is 295 g/mol. The van der Waals surface area contributed by atoms with Crippen LogP contribution >= 0.6 is 0 Å². The molecule has 0 bridgehead atoms.